The van der Waals surface area contributed by atoms with Crippen molar-refractivity contribution in [2.24, 2.45) is 29.6 Å². The molecule has 4 atom stereocenters. The first kappa shape index (κ1) is 13.6. The first-order chi connectivity index (χ1) is 10.2. The van der Waals surface area contributed by atoms with Crippen LogP contribution in [0.2, 0.25) is 0 Å². The highest BCUT2D eigenvalue weighted by atomic mass is 16.5. The van der Waals surface area contributed by atoms with Gasteiger partial charge in [-0.1, -0.05) is 6.42 Å². The quantitative estimate of drug-likeness (QED) is 0.808. The highest BCUT2D eigenvalue weighted by Crippen LogP contribution is 2.69. The number of hydrogen-bond donors (Lipinski definition) is 1. The first-order valence-electron chi connectivity index (χ1n) is 8.71. The van der Waals surface area contributed by atoms with Gasteiger partial charge in [0.05, 0.1) is 0 Å². The van der Waals surface area contributed by atoms with E-state index in [0.29, 0.717) is 11.8 Å². The molecular weight excluding hydrogens is 266 g/mol. The highest BCUT2D eigenvalue weighted by Gasteiger charge is 2.67. The number of rotatable bonds is 4. The molecule has 4 fully saturated rings. The van der Waals surface area contributed by atoms with Crippen molar-refractivity contribution in [2.75, 3.05) is 6.54 Å². The number of amides is 1. The largest absolute Gasteiger partial charge is 0.461 e. The van der Waals surface area contributed by atoms with Gasteiger partial charge in [-0.2, -0.15) is 0 Å². The molecule has 4 nitrogen and oxygen atoms in total. The van der Waals surface area contributed by atoms with Gasteiger partial charge in [-0.05, 0) is 68.6 Å². The maximum absolute atomic E-state index is 12.2. The van der Waals surface area contributed by atoms with Gasteiger partial charge < -0.3 is 10.1 Å². The van der Waals surface area contributed by atoms with Crippen LogP contribution in [0.3, 0.4) is 0 Å². The lowest BCUT2D eigenvalue weighted by Crippen LogP contribution is -2.35. The van der Waals surface area contributed by atoms with E-state index in [0.717, 1.165) is 37.5 Å². The summed E-state index contributed by atoms with van der Waals surface area (Å²) >= 11 is 0. The van der Waals surface area contributed by atoms with E-state index in [1.165, 1.54) is 25.7 Å². The monoisotopic (exact) mass is 291 g/mol. The van der Waals surface area contributed by atoms with E-state index in [-0.39, 0.29) is 30.4 Å². The average Bonchev–Trinajstić information content (AvgIpc) is 2.94. The molecule has 1 amide bonds. The topological polar surface area (TPSA) is 55.4 Å². The van der Waals surface area contributed by atoms with E-state index in [1.807, 2.05) is 0 Å². The lowest BCUT2D eigenvalue weighted by atomic mass is 9.98. The minimum atomic E-state index is -0.260. The molecule has 1 N–H and O–H groups in total. The van der Waals surface area contributed by atoms with E-state index >= 15 is 0 Å². The Kier molecular flexibility index (Phi) is 3.43. The summed E-state index contributed by atoms with van der Waals surface area (Å²) in [6, 6.07) is 0. The molecule has 0 unspecified atom stereocenters. The summed E-state index contributed by atoms with van der Waals surface area (Å²) in [5.74, 6) is 2.91. The van der Waals surface area contributed by atoms with Gasteiger partial charge in [-0.3, -0.25) is 9.59 Å². The fourth-order valence-corrected chi connectivity index (χ4v) is 5.36. The second-order valence-electron chi connectivity index (χ2n) is 7.48. The Morgan fingerprint density at radius 2 is 1.62 bits per heavy atom. The van der Waals surface area contributed by atoms with Crippen LogP contribution in [-0.4, -0.2) is 24.5 Å². The van der Waals surface area contributed by atoms with Gasteiger partial charge in [0.2, 0.25) is 5.91 Å². The number of hydrogen-bond acceptors (Lipinski definition) is 3. The van der Waals surface area contributed by atoms with Gasteiger partial charge in [0.1, 0.15) is 12.6 Å². The number of carbonyl (C=O) groups excluding carboxylic acids is 2. The molecule has 0 aliphatic heterocycles. The Balaban J connectivity index is 1.20. The Labute approximate surface area is 126 Å². The molecule has 0 spiro atoms. The van der Waals surface area contributed by atoms with Crippen LogP contribution in [-0.2, 0) is 14.3 Å². The maximum Gasteiger partial charge on any atom is 0.325 e. The predicted octanol–water partition coefficient (Wildman–Crippen LogP) is 2.27. The summed E-state index contributed by atoms with van der Waals surface area (Å²) in [6.07, 6.45) is 9.58. The van der Waals surface area contributed by atoms with E-state index < -0.39 is 0 Å². The van der Waals surface area contributed by atoms with Crippen molar-refractivity contribution < 1.29 is 14.3 Å². The molecule has 0 aromatic carbocycles. The van der Waals surface area contributed by atoms with Crippen LogP contribution in [0.15, 0.2) is 0 Å². The molecule has 21 heavy (non-hydrogen) atoms. The van der Waals surface area contributed by atoms with Gasteiger partial charge in [0.15, 0.2) is 0 Å². The van der Waals surface area contributed by atoms with Gasteiger partial charge in [-0.25, -0.2) is 0 Å². The summed E-state index contributed by atoms with van der Waals surface area (Å²) in [7, 11) is 0. The number of fused-ring (bicyclic) bond motifs is 5. The average molecular weight is 291 g/mol. The van der Waals surface area contributed by atoms with Crippen molar-refractivity contribution in [3.8, 4) is 0 Å². The van der Waals surface area contributed by atoms with Crippen molar-refractivity contribution >= 4 is 11.9 Å². The third kappa shape index (κ3) is 2.47. The van der Waals surface area contributed by atoms with E-state index in [4.69, 9.17) is 4.74 Å². The van der Waals surface area contributed by atoms with E-state index in [1.54, 1.807) is 0 Å². The molecule has 0 heterocycles. The number of carbonyl (C=O) groups is 2. The van der Waals surface area contributed by atoms with Crippen LogP contribution in [0.25, 0.3) is 0 Å². The molecule has 4 heteroatoms. The standard InChI is InChI=1S/C17H25NO3/c19-13(21-12-4-2-1-3-5-12)9-18-17(20)16-14-10-6-7-11(8-10)15(14)16/h10-12,14-16H,1-9H2,(H,18,20)/t10-,11-,14+,15+/m0/s1. The minimum Gasteiger partial charge on any atom is -0.461 e. The number of nitrogens with one attached hydrogen (secondary N) is 1. The molecule has 4 aliphatic carbocycles. The summed E-state index contributed by atoms with van der Waals surface area (Å²) in [5.41, 5.74) is 0. The second kappa shape index (κ2) is 5.29. The molecule has 4 rings (SSSR count). The fraction of sp³-hybridized carbons (Fsp3) is 0.882. The Morgan fingerprint density at radius 3 is 2.29 bits per heavy atom. The van der Waals surface area contributed by atoms with Crippen molar-refractivity contribution in [3.63, 3.8) is 0 Å². The van der Waals surface area contributed by atoms with Crippen LogP contribution >= 0.6 is 0 Å². The van der Waals surface area contributed by atoms with Crippen molar-refractivity contribution in [1.82, 2.24) is 5.32 Å². The van der Waals surface area contributed by atoms with Crippen LogP contribution < -0.4 is 5.32 Å². The van der Waals surface area contributed by atoms with Gasteiger partial charge in [0, 0.05) is 5.92 Å². The first-order valence-corrected chi connectivity index (χ1v) is 8.71. The third-order valence-corrected chi connectivity index (χ3v) is 6.30. The fourth-order valence-electron chi connectivity index (χ4n) is 5.36. The molecule has 4 aliphatic rings. The maximum atomic E-state index is 12.2. The van der Waals surface area contributed by atoms with Gasteiger partial charge in [0.25, 0.3) is 0 Å². The van der Waals surface area contributed by atoms with Crippen LogP contribution in [0.1, 0.15) is 51.4 Å². The van der Waals surface area contributed by atoms with Gasteiger partial charge >= 0.3 is 5.97 Å². The predicted molar refractivity (Wildman–Crippen MR) is 77.3 cm³/mol. The third-order valence-electron chi connectivity index (χ3n) is 6.30. The minimum absolute atomic E-state index is 0.0562. The lowest BCUT2D eigenvalue weighted by Gasteiger charge is -2.21. The zero-order valence-corrected chi connectivity index (χ0v) is 12.6. The van der Waals surface area contributed by atoms with Crippen LogP contribution in [0.5, 0.6) is 0 Å². The summed E-state index contributed by atoms with van der Waals surface area (Å²) in [4.78, 5) is 24.0. The molecular formula is C17H25NO3. The van der Waals surface area contributed by atoms with Crippen molar-refractivity contribution in [1.29, 1.82) is 0 Å². The summed E-state index contributed by atoms with van der Waals surface area (Å²) in [5, 5.41) is 2.82. The SMILES string of the molecule is O=C(CNC(=O)C1[C@@H]2[C@H]3CC[C@@H](C3)[C@@H]12)OC1CCCCC1. The molecule has 116 valence electrons. The number of ether oxygens (including phenoxy) is 1. The Morgan fingerprint density at radius 1 is 0.952 bits per heavy atom. The van der Waals surface area contributed by atoms with E-state index in [2.05, 4.69) is 5.32 Å². The molecule has 0 aromatic heterocycles. The molecule has 4 saturated carbocycles. The molecule has 0 aromatic rings. The Bertz CT molecular complexity index is 427. The van der Waals surface area contributed by atoms with Crippen molar-refractivity contribution in [3.05, 3.63) is 0 Å². The smallest absolute Gasteiger partial charge is 0.325 e. The molecule has 2 bridgehead atoms. The highest BCUT2D eigenvalue weighted by molar-refractivity contribution is 5.86. The van der Waals surface area contributed by atoms with E-state index in [9.17, 15) is 9.59 Å². The lowest BCUT2D eigenvalue weighted by molar-refractivity contribution is -0.150. The zero-order valence-electron chi connectivity index (χ0n) is 12.6. The zero-order chi connectivity index (χ0) is 14.4. The second-order valence-corrected chi connectivity index (χ2v) is 7.48. The summed E-state index contributed by atoms with van der Waals surface area (Å²) < 4.78 is 5.44. The molecule has 0 saturated heterocycles. The van der Waals surface area contributed by atoms with Crippen molar-refractivity contribution in [2.45, 2.75) is 57.5 Å². The van der Waals surface area contributed by atoms with Crippen LogP contribution in [0, 0.1) is 29.6 Å². The van der Waals surface area contributed by atoms with Crippen LogP contribution in [0.4, 0.5) is 0 Å². The summed E-state index contributed by atoms with van der Waals surface area (Å²) in [6.45, 7) is 0.0562. The number of esters is 1. The van der Waals surface area contributed by atoms with Gasteiger partial charge in [-0.15, -0.1) is 0 Å². The normalized spacial score (nSPS) is 40.7. The molecule has 0 radical (unpaired) electrons. The Hall–Kier alpha value is -1.06.